The second kappa shape index (κ2) is 5.91. The number of imide groups is 1. The lowest BCUT2D eigenvalue weighted by atomic mass is 9.48. The molecule has 3 aliphatic carbocycles. The van der Waals surface area contributed by atoms with E-state index in [0.717, 1.165) is 17.7 Å². The summed E-state index contributed by atoms with van der Waals surface area (Å²) in [7, 11) is 0. The molecule has 0 aromatic heterocycles. The molecule has 3 heteroatoms. The molecule has 1 aliphatic heterocycles. The molecule has 0 spiro atoms. The van der Waals surface area contributed by atoms with E-state index in [4.69, 9.17) is 0 Å². The Morgan fingerprint density at radius 3 is 1.93 bits per heavy atom. The number of anilines is 1. The molecular formula is C27H23NO2. The van der Waals surface area contributed by atoms with Gasteiger partial charge in [-0.2, -0.15) is 0 Å². The third kappa shape index (κ3) is 1.91. The van der Waals surface area contributed by atoms with Gasteiger partial charge in [-0.05, 0) is 47.2 Å². The van der Waals surface area contributed by atoms with E-state index in [1.807, 2.05) is 55.5 Å². The molecule has 3 aromatic carbocycles. The number of hydrogen-bond acceptors (Lipinski definition) is 2. The SMILES string of the molecule is CCc1ccccc1N1C(=O)C2C3c4ccccc4C(c4ccccc43)C2(C)C1=O. The highest BCUT2D eigenvalue weighted by atomic mass is 16.2. The standard InChI is InChI=1S/C27H23NO2/c1-3-16-10-4-9-15-21(16)28-25(29)24-22-17-11-5-7-13-19(17)23(27(24,2)26(28)30)20-14-8-6-12-18(20)22/h4-15,22-24H,3H2,1-2H3. The van der Waals surface area contributed by atoms with Crippen LogP contribution in [0.15, 0.2) is 72.8 Å². The molecule has 2 atom stereocenters. The molecule has 148 valence electrons. The second-order valence-electron chi connectivity index (χ2n) is 8.89. The zero-order valence-corrected chi connectivity index (χ0v) is 17.1. The van der Waals surface area contributed by atoms with Crippen LogP contribution in [0.2, 0.25) is 0 Å². The molecule has 2 amide bonds. The Balaban J connectivity index is 1.62. The van der Waals surface area contributed by atoms with Crippen molar-refractivity contribution in [3.05, 3.63) is 101 Å². The van der Waals surface area contributed by atoms with Gasteiger partial charge in [-0.25, -0.2) is 4.90 Å². The molecule has 3 aromatic rings. The van der Waals surface area contributed by atoms with Crippen LogP contribution in [-0.4, -0.2) is 11.8 Å². The van der Waals surface area contributed by atoms with Crippen molar-refractivity contribution in [2.24, 2.45) is 11.3 Å². The van der Waals surface area contributed by atoms with Crippen LogP contribution in [0.25, 0.3) is 0 Å². The number of benzene rings is 3. The minimum atomic E-state index is -0.773. The third-order valence-corrected chi connectivity index (χ3v) is 7.63. The van der Waals surface area contributed by atoms with Crippen LogP contribution in [0, 0.1) is 11.3 Å². The fraction of sp³-hybridized carbons (Fsp3) is 0.259. The predicted molar refractivity (Wildman–Crippen MR) is 116 cm³/mol. The minimum absolute atomic E-state index is 0.0533. The number of nitrogens with zero attached hydrogens (tertiary/aromatic N) is 1. The maximum Gasteiger partial charge on any atom is 0.241 e. The summed E-state index contributed by atoms with van der Waals surface area (Å²) in [5.41, 5.74) is 5.82. The first-order chi connectivity index (χ1) is 14.6. The van der Waals surface area contributed by atoms with Gasteiger partial charge in [0, 0.05) is 11.8 Å². The molecule has 3 nitrogen and oxygen atoms in total. The van der Waals surface area contributed by atoms with E-state index in [1.165, 1.54) is 27.2 Å². The Morgan fingerprint density at radius 1 is 0.800 bits per heavy atom. The first-order valence-corrected chi connectivity index (χ1v) is 10.7. The number of amides is 2. The summed E-state index contributed by atoms with van der Waals surface area (Å²) < 4.78 is 0. The minimum Gasteiger partial charge on any atom is -0.274 e. The van der Waals surface area contributed by atoms with Crippen LogP contribution < -0.4 is 4.90 Å². The number of carbonyl (C=O) groups excluding carboxylic acids is 2. The van der Waals surface area contributed by atoms with Crippen molar-refractivity contribution >= 4 is 17.5 Å². The summed E-state index contributed by atoms with van der Waals surface area (Å²) >= 11 is 0. The van der Waals surface area contributed by atoms with E-state index < -0.39 is 5.41 Å². The fourth-order valence-corrected chi connectivity index (χ4v) is 6.37. The normalized spacial score (nSPS) is 28.3. The van der Waals surface area contributed by atoms with Gasteiger partial charge in [0.2, 0.25) is 11.8 Å². The van der Waals surface area contributed by atoms with Crippen molar-refractivity contribution in [1.29, 1.82) is 0 Å². The highest BCUT2D eigenvalue weighted by Gasteiger charge is 2.68. The highest BCUT2D eigenvalue weighted by Crippen LogP contribution is 2.67. The van der Waals surface area contributed by atoms with E-state index in [2.05, 4.69) is 31.2 Å². The van der Waals surface area contributed by atoms with Crippen molar-refractivity contribution in [2.45, 2.75) is 32.1 Å². The quantitative estimate of drug-likeness (QED) is 0.572. The number of para-hydroxylation sites is 1. The van der Waals surface area contributed by atoms with Crippen molar-refractivity contribution in [1.82, 2.24) is 0 Å². The molecule has 0 N–H and O–H groups in total. The molecule has 2 unspecified atom stereocenters. The number of aryl methyl sites for hydroxylation is 1. The maximum atomic E-state index is 14.1. The third-order valence-electron chi connectivity index (χ3n) is 7.63. The summed E-state index contributed by atoms with van der Waals surface area (Å²) in [6.07, 6.45) is 0.780. The van der Waals surface area contributed by atoms with E-state index in [9.17, 15) is 9.59 Å². The maximum absolute atomic E-state index is 14.1. The van der Waals surface area contributed by atoms with Gasteiger partial charge >= 0.3 is 0 Å². The Bertz CT molecular complexity index is 1180. The molecule has 1 fully saturated rings. The molecule has 7 rings (SSSR count). The number of carbonyl (C=O) groups is 2. The monoisotopic (exact) mass is 393 g/mol. The zero-order valence-electron chi connectivity index (χ0n) is 17.1. The van der Waals surface area contributed by atoms with E-state index in [-0.39, 0.29) is 29.6 Å². The van der Waals surface area contributed by atoms with Gasteiger partial charge < -0.3 is 0 Å². The van der Waals surface area contributed by atoms with Crippen LogP contribution in [0.1, 0.15) is 53.5 Å². The fourth-order valence-electron chi connectivity index (χ4n) is 6.37. The lowest BCUT2D eigenvalue weighted by Crippen LogP contribution is -2.49. The summed E-state index contributed by atoms with van der Waals surface area (Å²) in [5, 5.41) is 0. The molecular weight excluding hydrogens is 370 g/mol. The predicted octanol–water partition coefficient (Wildman–Crippen LogP) is 5.04. The average Bonchev–Trinajstić information content (AvgIpc) is 2.99. The first kappa shape index (κ1) is 17.6. The van der Waals surface area contributed by atoms with Gasteiger partial charge in [0.25, 0.3) is 0 Å². The summed E-state index contributed by atoms with van der Waals surface area (Å²) in [4.78, 5) is 29.5. The number of hydrogen-bond donors (Lipinski definition) is 0. The molecule has 30 heavy (non-hydrogen) atoms. The summed E-state index contributed by atoms with van der Waals surface area (Å²) in [6, 6.07) is 24.6. The average molecular weight is 393 g/mol. The second-order valence-corrected chi connectivity index (χ2v) is 8.89. The van der Waals surface area contributed by atoms with Crippen LogP contribution in [0.4, 0.5) is 5.69 Å². The Hall–Kier alpha value is -3.20. The van der Waals surface area contributed by atoms with Gasteiger partial charge in [0.05, 0.1) is 17.0 Å². The molecule has 4 aliphatic rings. The summed E-state index contributed by atoms with van der Waals surface area (Å²) in [6.45, 7) is 4.09. The van der Waals surface area contributed by atoms with Crippen molar-refractivity contribution in [2.75, 3.05) is 4.90 Å². The van der Waals surface area contributed by atoms with E-state index >= 15 is 0 Å². The van der Waals surface area contributed by atoms with Crippen LogP contribution in [0.5, 0.6) is 0 Å². The van der Waals surface area contributed by atoms with Gasteiger partial charge in [-0.3, -0.25) is 9.59 Å². The molecule has 0 saturated carbocycles. The number of rotatable bonds is 2. The highest BCUT2D eigenvalue weighted by molar-refractivity contribution is 6.25. The van der Waals surface area contributed by atoms with E-state index in [1.54, 1.807) is 0 Å². The van der Waals surface area contributed by atoms with Gasteiger partial charge in [0.15, 0.2) is 0 Å². The van der Waals surface area contributed by atoms with Crippen LogP contribution in [0.3, 0.4) is 0 Å². The van der Waals surface area contributed by atoms with Crippen molar-refractivity contribution in [3.8, 4) is 0 Å². The van der Waals surface area contributed by atoms with Crippen LogP contribution >= 0.6 is 0 Å². The topological polar surface area (TPSA) is 37.4 Å². The largest absolute Gasteiger partial charge is 0.274 e. The summed E-state index contributed by atoms with van der Waals surface area (Å²) in [5.74, 6) is -0.665. The first-order valence-electron chi connectivity index (χ1n) is 10.7. The van der Waals surface area contributed by atoms with E-state index in [0.29, 0.717) is 0 Å². The van der Waals surface area contributed by atoms with Crippen molar-refractivity contribution < 1.29 is 9.59 Å². The zero-order chi connectivity index (χ0) is 20.6. The van der Waals surface area contributed by atoms with Gasteiger partial charge in [0.1, 0.15) is 0 Å². The lowest BCUT2D eigenvalue weighted by molar-refractivity contribution is -0.128. The molecule has 1 heterocycles. The molecule has 2 bridgehead atoms. The van der Waals surface area contributed by atoms with Gasteiger partial charge in [-0.15, -0.1) is 0 Å². The smallest absolute Gasteiger partial charge is 0.241 e. The Morgan fingerprint density at radius 2 is 1.33 bits per heavy atom. The van der Waals surface area contributed by atoms with Gasteiger partial charge in [-0.1, -0.05) is 73.7 Å². The Labute approximate surface area is 176 Å². The Kier molecular flexibility index (Phi) is 3.48. The van der Waals surface area contributed by atoms with Crippen molar-refractivity contribution in [3.63, 3.8) is 0 Å². The lowest BCUT2D eigenvalue weighted by Gasteiger charge is -2.51. The molecule has 1 saturated heterocycles. The molecule has 0 radical (unpaired) electrons. The van der Waals surface area contributed by atoms with Crippen LogP contribution in [-0.2, 0) is 16.0 Å².